The molecular weight excluding hydrogens is 503 g/mol. The van der Waals surface area contributed by atoms with Crippen LogP contribution in [0.15, 0.2) is 66.2 Å². The first-order valence-corrected chi connectivity index (χ1v) is 9.87. The zero-order chi connectivity index (χ0) is 21.3. The van der Waals surface area contributed by atoms with Gasteiger partial charge in [-0.05, 0) is 37.6 Å². The van der Waals surface area contributed by atoms with E-state index in [1.807, 2.05) is 67.9 Å². The molecule has 0 aliphatic heterocycles. The summed E-state index contributed by atoms with van der Waals surface area (Å²) in [4.78, 5) is 4.72. The number of aryl methyl sites for hydroxylation is 2. The van der Waals surface area contributed by atoms with Gasteiger partial charge >= 0.3 is 0 Å². The summed E-state index contributed by atoms with van der Waals surface area (Å²) in [6.45, 7) is 9.32. The number of hydrogen-bond donors (Lipinski definition) is 2. The molecule has 2 aromatic carbocycles. The van der Waals surface area contributed by atoms with Crippen LogP contribution < -0.4 is 15.4 Å². The first-order valence-electron chi connectivity index (χ1n) is 9.87. The zero-order valence-electron chi connectivity index (χ0n) is 18.1. The van der Waals surface area contributed by atoms with Gasteiger partial charge in [-0.1, -0.05) is 36.4 Å². The number of halogens is 1. The third-order valence-corrected chi connectivity index (χ3v) is 4.61. The van der Waals surface area contributed by atoms with Crippen molar-refractivity contribution in [1.29, 1.82) is 0 Å². The van der Waals surface area contributed by atoms with E-state index in [9.17, 15) is 0 Å². The number of guanidine groups is 1. The Morgan fingerprint density at radius 2 is 1.90 bits per heavy atom. The Morgan fingerprint density at radius 3 is 2.58 bits per heavy atom. The van der Waals surface area contributed by atoms with Crippen LogP contribution in [-0.4, -0.2) is 27.3 Å². The fourth-order valence-electron chi connectivity index (χ4n) is 2.78. The lowest BCUT2D eigenvalue weighted by atomic mass is 10.1. The summed E-state index contributed by atoms with van der Waals surface area (Å²) in [5.41, 5.74) is 2.13. The minimum atomic E-state index is 0. The SMILES string of the molecule is C=CCNC(=NCc1ccc(C)cc1Oc1ccccc1)NCc1nnc(C)n1C.I. The van der Waals surface area contributed by atoms with Crippen LogP contribution in [0.25, 0.3) is 0 Å². The molecule has 0 saturated carbocycles. The molecule has 1 heterocycles. The van der Waals surface area contributed by atoms with Crippen LogP contribution >= 0.6 is 24.0 Å². The molecule has 0 unspecified atom stereocenters. The van der Waals surface area contributed by atoms with Gasteiger partial charge in [0, 0.05) is 19.2 Å². The van der Waals surface area contributed by atoms with Crippen molar-refractivity contribution in [3.63, 3.8) is 0 Å². The van der Waals surface area contributed by atoms with Crippen molar-refractivity contribution in [2.24, 2.45) is 12.0 Å². The van der Waals surface area contributed by atoms with Gasteiger partial charge in [-0.25, -0.2) is 4.99 Å². The molecule has 0 fully saturated rings. The lowest BCUT2D eigenvalue weighted by Gasteiger charge is -2.13. The molecule has 0 saturated heterocycles. The summed E-state index contributed by atoms with van der Waals surface area (Å²) in [6, 6.07) is 15.9. The number of benzene rings is 2. The fraction of sp³-hybridized carbons (Fsp3) is 0.261. The number of ether oxygens (including phenoxy) is 1. The molecule has 0 bridgehead atoms. The maximum absolute atomic E-state index is 6.10. The Hall–Kier alpha value is -2.88. The Kier molecular flexibility index (Phi) is 9.51. The number of hydrogen-bond acceptors (Lipinski definition) is 4. The highest BCUT2D eigenvalue weighted by molar-refractivity contribution is 14.0. The van der Waals surface area contributed by atoms with Gasteiger partial charge in [0.1, 0.15) is 17.3 Å². The van der Waals surface area contributed by atoms with E-state index in [1.54, 1.807) is 6.08 Å². The summed E-state index contributed by atoms with van der Waals surface area (Å²) in [5.74, 6) is 3.98. The van der Waals surface area contributed by atoms with Crippen LogP contribution in [0.4, 0.5) is 0 Å². The first-order chi connectivity index (χ1) is 14.6. The van der Waals surface area contributed by atoms with E-state index in [2.05, 4.69) is 33.5 Å². The van der Waals surface area contributed by atoms with Gasteiger partial charge in [0.05, 0.1) is 13.1 Å². The molecule has 8 heteroatoms. The molecule has 0 amide bonds. The average Bonchev–Trinajstić information content (AvgIpc) is 3.07. The van der Waals surface area contributed by atoms with E-state index in [0.717, 1.165) is 34.3 Å². The van der Waals surface area contributed by atoms with Crippen molar-refractivity contribution in [2.75, 3.05) is 6.54 Å². The molecule has 3 rings (SSSR count). The van der Waals surface area contributed by atoms with Crippen molar-refractivity contribution in [1.82, 2.24) is 25.4 Å². The molecular formula is C23H29IN6O. The standard InChI is InChI=1S/C23H28N6O.HI/c1-5-13-24-23(26-16-22-28-27-18(3)29(22)4)25-15-19-12-11-17(2)14-21(19)30-20-9-7-6-8-10-20;/h5-12,14H,1,13,15-16H2,2-4H3,(H2,24,25,26);1H. The third-order valence-electron chi connectivity index (χ3n) is 4.61. The first kappa shape index (κ1) is 24.4. The van der Waals surface area contributed by atoms with Gasteiger partial charge in [0.25, 0.3) is 0 Å². The molecule has 0 atom stereocenters. The minimum Gasteiger partial charge on any atom is -0.457 e. The summed E-state index contributed by atoms with van der Waals surface area (Å²) in [6.07, 6.45) is 1.79. The monoisotopic (exact) mass is 532 g/mol. The van der Waals surface area contributed by atoms with Gasteiger partial charge in [0.2, 0.25) is 0 Å². The Morgan fingerprint density at radius 1 is 1.13 bits per heavy atom. The van der Waals surface area contributed by atoms with Crippen molar-refractivity contribution in [3.05, 3.63) is 84.0 Å². The zero-order valence-corrected chi connectivity index (χ0v) is 20.5. The molecule has 0 radical (unpaired) electrons. The molecule has 164 valence electrons. The van der Waals surface area contributed by atoms with Gasteiger partial charge in [-0.15, -0.1) is 40.8 Å². The summed E-state index contributed by atoms with van der Waals surface area (Å²) in [5, 5.41) is 14.8. The summed E-state index contributed by atoms with van der Waals surface area (Å²) in [7, 11) is 1.94. The average molecular weight is 532 g/mol. The summed E-state index contributed by atoms with van der Waals surface area (Å²) >= 11 is 0. The number of aromatic nitrogens is 3. The van der Waals surface area contributed by atoms with Crippen molar-refractivity contribution in [2.45, 2.75) is 26.9 Å². The maximum Gasteiger partial charge on any atom is 0.192 e. The van der Waals surface area contributed by atoms with E-state index < -0.39 is 0 Å². The molecule has 0 aliphatic carbocycles. The normalized spacial score (nSPS) is 10.9. The number of nitrogens with one attached hydrogen (secondary N) is 2. The second-order valence-corrected chi connectivity index (χ2v) is 6.94. The van der Waals surface area contributed by atoms with Gasteiger partial charge in [-0.3, -0.25) is 0 Å². The molecule has 31 heavy (non-hydrogen) atoms. The van der Waals surface area contributed by atoms with E-state index in [1.165, 1.54) is 0 Å². The van der Waals surface area contributed by atoms with Crippen LogP contribution in [0.2, 0.25) is 0 Å². The van der Waals surface area contributed by atoms with Crippen LogP contribution in [0.1, 0.15) is 22.8 Å². The van der Waals surface area contributed by atoms with Gasteiger partial charge < -0.3 is 19.9 Å². The minimum absolute atomic E-state index is 0. The van der Waals surface area contributed by atoms with E-state index in [-0.39, 0.29) is 24.0 Å². The van der Waals surface area contributed by atoms with Crippen molar-refractivity contribution in [3.8, 4) is 11.5 Å². The number of aliphatic imine (C=N–C) groups is 1. The molecule has 1 aromatic heterocycles. The predicted molar refractivity (Wildman–Crippen MR) is 135 cm³/mol. The Bertz CT molecular complexity index is 1020. The van der Waals surface area contributed by atoms with Gasteiger partial charge in [0.15, 0.2) is 11.8 Å². The lowest BCUT2D eigenvalue weighted by Crippen LogP contribution is -2.37. The molecule has 7 nitrogen and oxygen atoms in total. The molecule has 2 N–H and O–H groups in total. The van der Waals surface area contributed by atoms with Crippen LogP contribution in [-0.2, 0) is 20.1 Å². The highest BCUT2D eigenvalue weighted by Gasteiger charge is 2.08. The highest BCUT2D eigenvalue weighted by Crippen LogP contribution is 2.27. The smallest absolute Gasteiger partial charge is 0.192 e. The number of nitrogens with zero attached hydrogens (tertiary/aromatic N) is 4. The second-order valence-electron chi connectivity index (χ2n) is 6.94. The lowest BCUT2D eigenvalue weighted by molar-refractivity contribution is 0.476. The van der Waals surface area contributed by atoms with Crippen LogP contribution in [0, 0.1) is 13.8 Å². The maximum atomic E-state index is 6.10. The van der Waals surface area contributed by atoms with Crippen molar-refractivity contribution >= 4 is 29.9 Å². The van der Waals surface area contributed by atoms with E-state index >= 15 is 0 Å². The number of para-hydroxylation sites is 1. The highest BCUT2D eigenvalue weighted by atomic mass is 127. The quantitative estimate of drug-likeness (QED) is 0.196. The largest absolute Gasteiger partial charge is 0.457 e. The molecule has 0 aliphatic rings. The third kappa shape index (κ3) is 7.09. The fourth-order valence-corrected chi connectivity index (χ4v) is 2.78. The van der Waals surface area contributed by atoms with Crippen LogP contribution in [0.3, 0.4) is 0 Å². The Balaban J connectivity index is 0.00000341. The van der Waals surface area contributed by atoms with Crippen molar-refractivity contribution < 1.29 is 4.74 Å². The van der Waals surface area contributed by atoms with E-state index in [4.69, 9.17) is 9.73 Å². The Labute approximate surface area is 200 Å². The number of rotatable bonds is 8. The van der Waals surface area contributed by atoms with Gasteiger partial charge in [-0.2, -0.15) is 0 Å². The predicted octanol–water partition coefficient (Wildman–Crippen LogP) is 4.26. The summed E-state index contributed by atoms with van der Waals surface area (Å²) < 4.78 is 8.05. The molecule has 0 spiro atoms. The van der Waals surface area contributed by atoms with Crippen LogP contribution in [0.5, 0.6) is 11.5 Å². The second kappa shape index (κ2) is 12.1. The molecule has 3 aromatic rings. The topological polar surface area (TPSA) is 76.4 Å². The van der Waals surface area contributed by atoms with E-state index in [0.29, 0.717) is 25.6 Å².